The maximum Gasteiger partial charge on any atom is 0.204 e. The van der Waals surface area contributed by atoms with Gasteiger partial charge in [0.25, 0.3) is 0 Å². The molecule has 60 valence electrons. The van der Waals surface area contributed by atoms with Gasteiger partial charge in [-0.15, -0.1) is 0 Å². The SMILES string of the molecule is S=P(Cl)(Cl)Nc1ccccc1. The van der Waals surface area contributed by atoms with Gasteiger partial charge in [0, 0.05) is 5.69 Å². The summed E-state index contributed by atoms with van der Waals surface area (Å²) >= 11 is 16.1. The van der Waals surface area contributed by atoms with Crippen molar-refractivity contribution in [3.05, 3.63) is 30.3 Å². The lowest BCUT2D eigenvalue weighted by molar-refractivity contribution is 1.68. The zero-order valence-electron chi connectivity index (χ0n) is 5.50. The van der Waals surface area contributed by atoms with Gasteiger partial charge in [0.05, 0.1) is 0 Å². The van der Waals surface area contributed by atoms with Gasteiger partial charge in [0.15, 0.2) is 0 Å². The molecule has 0 heterocycles. The Kier molecular flexibility index (Phi) is 3.20. The van der Waals surface area contributed by atoms with Gasteiger partial charge < -0.3 is 5.09 Å². The summed E-state index contributed by atoms with van der Waals surface area (Å²) in [5.41, 5.74) is 0.862. The maximum absolute atomic E-state index is 5.65. The molecule has 1 aromatic rings. The van der Waals surface area contributed by atoms with Crippen LogP contribution >= 0.6 is 27.4 Å². The van der Waals surface area contributed by atoms with Crippen LogP contribution in [0.15, 0.2) is 30.3 Å². The van der Waals surface area contributed by atoms with Gasteiger partial charge in [-0.25, -0.2) is 0 Å². The lowest BCUT2D eigenvalue weighted by Crippen LogP contribution is -1.84. The van der Waals surface area contributed by atoms with Crippen LogP contribution in [0.2, 0.25) is 0 Å². The predicted octanol–water partition coefficient (Wildman–Crippen LogP) is 3.80. The summed E-state index contributed by atoms with van der Waals surface area (Å²) in [6, 6.07) is 9.43. The molecular formula is C6H6Cl2NPS. The van der Waals surface area contributed by atoms with E-state index in [1.54, 1.807) is 0 Å². The molecular weight excluding hydrogens is 220 g/mol. The van der Waals surface area contributed by atoms with Crippen LogP contribution in [0.1, 0.15) is 0 Å². The molecule has 0 spiro atoms. The Balaban J connectivity index is 2.74. The molecule has 1 aromatic carbocycles. The highest BCUT2D eigenvalue weighted by Gasteiger charge is 2.05. The Bertz CT molecular complexity index is 271. The fourth-order valence-electron chi connectivity index (χ4n) is 0.663. The van der Waals surface area contributed by atoms with Gasteiger partial charge in [-0.1, -0.05) is 18.2 Å². The van der Waals surface area contributed by atoms with Gasteiger partial charge in [-0.3, -0.25) is 0 Å². The molecule has 0 aromatic heterocycles. The van der Waals surface area contributed by atoms with E-state index >= 15 is 0 Å². The van der Waals surface area contributed by atoms with Crippen LogP contribution < -0.4 is 5.09 Å². The Morgan fingerprint density at radius 2 is 1.73 bits per heavy atom. The third kappa shape index (κ3) is 3.97. The molecule has 0 saturated carbocycles. The first-order valence-corrected chi connectivity index (χ1v) is 7.52. The van der Waals surface area contributed by atoms with E-state index in [1.165, 1.54) is 0 Å². The molecule has 11 heavy (non-hydrogen) atoms. The number of hydrogen-bond acceptors (Lipinski definition) is 1. The van der Waals surface area contributed by atoms with Crippen LogP contribution in [-0.4, -0.2) is 0 Å². The fourth-order valence-corrected chi connectivity index (χ4v) is 2.01. The lowest BCUT2D eigenvalue weighted by Gasteiger charge is -2.08. The quantitative estimate of drug-likeness (QED) is 0.769. The predicted molar refractivity (Wildman–Crippen MR) is 56.1 cm³/mol. The number of benzene rings is 1. The number of hydrogen-bond donors (Lipinski definition) is 1. The summed E-state index contributed by atoms with van der Waals surface area (Å²) in [4.78, 5) is -2.36. The molecule has 0 amide bonds. The van der Waals surface area contributed by atoms with E-state index in [-0.39, 0.29) is 0 Å². The zero-order chi connectivity index (χ0) is 8.32. The van der Waals surface area contributed by atoms with Gasteiger partial charge in [-0.2, -0.15) is 0 Å². The molecule has 1 nitrogen and oxygen atoms in total. The number of rotatable bonds is 2. The minimum atomic E-state index is -2.36. The van der Waals surface area contributed by atoms with Crippen molar-refractivity contribution in [2.45, 2.75) is 0 Å². The third-order valence-electron chi connectivity index (χ3n) is 1.03. The molecule has 0 atom stereocenters. The second-order valence-corrected chi connectivity index (χ2v) is 9.50. The minimum absolute atomic E-state index is 0.862. The highest BCUT2D eigenvalue weighted by Crippen LogP contribution is 2.56. The second kappa shape index (κ2) is 3.77. The van der Waals surface area contributed by atoms with Crippen LogP contribution in [0.5, 0.6) is 0 Å². The van der Waals surface area contributed by atoms with E-state index in [0.29, 0.717) is 0 Å². The third-order valence-corrected chi connectivity index (χ3v) is 2.33. The molecule has 5 heteroatoms. The second-order valence-electron chi connectivity index (χ2n) is 1.94. The van der Waals surface area contributed by atoms with Crippen molar-refractivity contribution in [1.29, 1.82) is 0 Å². The summed E-state index contributed by atoms with van der Waals surface area (Å²) in [6.07, 6.45) is 0. The average molecular weight is 226 g/mol. The summed E-state index contributed by atoms with van der Waals surface area (Å²) in [7, 11) is 0. The molecule has 0 aliphatic rings. The van der Waals surface area contributed by atoms with Crippen LogP contribution in [0.4, 0.5) is 5.69 Å². The van der Waals surface area contributed by atoms with Crippen LogP contribution in [0.3, 0.4) is 0 Å². The van der Waals surface area contributed by atoms with Crippen molar-refractivity contribution in [2.75, 3.05) is 5.09 Å². The molecule has 1 N–H and O–H groups in total. The van der Waals surface area contributed by atoms with Gasteiger partial charge in [0.1, 0.15) is 0 Å². The summed E-state index contributed by atoms with van der Waals surface area (Å²) < 4.78 is 0. The minimum Gasteiger partial charge on any atom is -0.335 e. The smallest absolute Gasteiger partial charge is 0.204 e. The van der Waals surface area contributed by atoms with Crippen LogP contribution in [0.25, 0.3) is 0 Å². The van der Waals surface area contributed by atoms with E-state index in [4.69, 9.17) is 34.3 Å². The Morgan fingerprint density at radius 1 is 1.18 bits per heavy atom. The summed E-state index contributed by atoms with van der Waals surface area (Å²) in [6.45, 7) is 0. The number of para-hydroxylation sites is 1. The maximum atomic E-state index is 5.65. The molecule has 0 fully saturated rings. The molecule has 0 unspecified atom stereocenters. The number of nitrogens with one attached hydrogen (secondary N) is 1. The zero-order valence-corrected chi connectivity index (χ0v) is 8.72. The Morgan fingerprint density at radius 3 is 2.18 bits per heavy atom. The Labute approximate surface area is 80.3 Å². The van der Waals surface area contributed by atoms with Gasteiger partial charge in [-0.05, 0) is 46.4 Å². The van der Waals surface area contributed by atoms with Crippen molar-refractivity contribution in [2.24, 2.45) is 0 Å². The van der Waals surface area contributed by atoms with E-state index in [9.17, 15) is 0 Å². The number of halogens is 2. The van der Waals surface area contributed by atoms with E-state index in [2.05, 4.69) is 5.09 Å². The normalized spacial score (nSPS) is 11.1. The summed E-state index contributed by atoms with van der Waals surface area (Å²) in [5.74, 6) is 0. The molecule has 0 aliphatic heterocycles. The van der Waals surface area contributed by atoms with Crippen LogP contribution in [0, 0.1) is 0 Å². The number of anilines is 1. The largest absolute Gasteiger partial charge is 0.335 e. The van der Waals surface area contributed by atoms with E-state index in [1.807, 2.05) is 30.3 Å². The average Bonchev–Trinajstić information content (AvgIpc) is 1.85. The van der Waals surface area contributed by atoms with Crippen molar-refractivity contribution in [3.63, 3.8) is 0 Å². The van der Waals surface area contributed by atoms with E-state index in [0.717, 1.165) is 5.69 Å². The first-order chi connectivity index (χ1) is 5.08. The molecule has 1 rings (SSSR count). The standard InChI is InChI=1S/C6H6Cl2NPS/c7-10(8,11)9-6-4-2-1-3-5-6/h1-5H,(H,9,11). The lowest BCUT2D eigenvalue weighted by atomic mass is 10.3. The molecule has 0 aliphatic carbocycles. The topological polar surface area (TPSA) is 12.0 Å². The van der Waals surface area contributed by atoms with Crippen molar-refractivity contribution < 1.29 is 0 Å². The molecule has 0 saturated heterocycles. The van der Waals surface area contributed by atoms with Crippen molar-refractivity contribution in [3.8, 4) is 0 Å². The van der Waals surface area contributed by atoms with Crippen LogP contribution in [-0.2, 0) is 11.8 Å². The molecule has 0 bridgehead atoms. The van der Waals surface area contributed by atoms with Gasteiger partial charge >= 0.3 is 0 Å². The van der Waals surface area contributed by atoms with Crippen molar-refractivity contribution in [1.82, 2.24) is 0 Å². The highest BCUT2D eigenvalue weighted by atomic mass is 35.9. The first-order valence-electron chi connectivity index (χ1n) is 2.90. The fraction of sp³-hybridized carbons (Fsp3) is 0. The molecule has 0 radical (unpaired) electrons. The monoisotopic (exact) mass is 225 g/mol. The van der Waals surface area contributed by atoms with Crippen molar-refractivity contribution >= 4 is 44.9 Å². The van der Waals surface area contributed by atoms with E-state index < -0.39 is 4.89 Å². The van der Waals surface area contributed by atoms with Gasteiger partial charge in [0.2, 0.25) is 4.89 Å². The highest BCUT2D eigenvalue weighted by molar-refractivity contribution is 8.39. The summed E-state index contributed by atoms with van der Waals surface area (Å²) in [5, 5.41) is 2.84. The first kappa shape index (κ1) is 9.34. The Hall–Kier alpha value is 0.250.